The Kier molecular flexibility index (Phi) is 4.96. The molecule has 0 amide bonds. The van der Waals surface area contributed by atoms with Crippen LogP contribution in [0.1, 0.15) is 38.4 Å². The van der Waals surface area contributed by atoms with Gasteiger partial charge in [0.05, 0.1) is 12.6 Å². The van der Waals surface area contributed by atoms with Crippen LogP contribution < -0.4 is 10.2 Å². The van der Waals surface area contributed by atoms with Gasteiger partial charge in [-0.3, -0.25) is 0 Å². The van der Waals surface area contributed by atoms with Gasteiger partial charge in [-0.25, -0.2) is 9.97 Å². The number of aliphatic hydroxyl groups is 1. The van der Waals surface area contributed by atoms with Gasteiger partial charge in [-0.1, -0.05) is 6.92 Å². The van der Waals surface area contributed by atoms with E-state index in [2.05, 4.69) is 27.1 Å². The van der Waals surface area contributed by atoms with Crippen LogP contribution in [-0.4, -0.2) is 40.8 Å². The van der Waals surface area contributed by atoms with E-state index < -0.39 is 0 Å². The monoisotopic (exact) mass is 264 g/mol. The number of aliphatic hydroxyl groups excluding tert-OH is 1. The van der Waals surface area contributed by atoms with Crippen molar-refractivity contribution in [2.45, 2.75) is 45.6 Å². The third kappa shape index (κ3) is 3.56. The van der Waals surface area contributed by atoms with Crippen LogP contribution in [0, 0.1) is 6.92 Å². The predicted molar refractivity (Wildman–Crippen MR) is 77.6 cm³/mol. The molecule has 1 aliphatic heterocycles. The molecule has 1 fully saturated rings. The SMILES string of the molecule is CCCNc1cc(N2CCCCC2CO)nc(C)n1. The Morgan fingerprint density at radius 1 is 1.42 bits per heavy atom. The van der Waals surface area contributed by atoms with Gasteiger partial charge in [0, 0.05) is 19.2 Å². The molecule has 0 saturated carbocycles. The lowest BCUT2D eigenvalue weighted by Crippen LogP contribution is -2.42. The third-order valence-corrected chi connectivity index (χ3v) is 3.51. The first-order chi connectivity index (χ1) is 9.24. The molecule has 1 aromatic heterocycles. The number of anilines is 2. The zero-order valence-electron chi connectivity index (χ0n) is 11.9. The van der Waals surface area contributed by atoms with Gasteiger partial charge in [-0.2, -0.15) is 0 Å². The van der Waals surface area contributed by atoms with Crippen LogP contribution in [0.15, 0.2) is 6.07 Å². The van der Waals surface area contributed by atoms with E-state index in [1.165, 1.54) is 6.42 Å². The van der Waals surface area contributed by atoms with E-state index in [-0.39, 0.29) is 12.6 Å². The summed E-state index contributed by atoms with van der Waals surface area (Å²) in [5.41, 5.74) is 0. The van der Waals surface area contributed by atoms with Crippen LogP contribution in [0.4, 0.5) is 11.6 Å². The molecule has 0 spiro atoms. The van der Waals surface area contributed by atoms with Gasteiger partial charge < -0.3 is 15.3 Å². The molecule has 19 heavy (non-hydrogen) atoms. The molecule has 2 heterocycles. The quantitative estimate of drug-likeness (QED) is 0.851. The number of aryl methyl sites for hydroxylation is 1. The van der Waals surface area contributed by atoms with Gasteiger partial charge in [0.2, 0.25) is 0 Å². The molecule has 0 aliphatic carbocycles. The van der Waals surface area contributed by atoms with Gasteiger partial charge in [0.1, 0.15) is 17.5 Å². The first-order valence-corrected chi connectivity index (χ1v) is 7.21. The molecule has 1 unspecified atom stereocenters. The Morgan fingerprint density at radius 3 is 3.00 bits per heavy atom. The zero-order chi connectivity index (χ0) is 13.7. The van der Waals surface area contributed by atoms with Crippen LogP contribution >= 0.6 is 0 Å². The van der Waals surface area contributed by atoms with Gasteiger partial charge in [-0.15, -0.1) is 0 Å². The number of hydrogen-bond acceptors (Lipinski definition) is 5. The smallest absolute Gasteiger partial charge is 0.134 e. The molecule has 1 saturated heterocycles. The molecular formula is C14H24N4O. The maximum atomic E-state index is 9.50. The van der Waals surface area contributed by atoms with Gasteiger partial charge in [0.15, 0.2) is 0 Å². The lowest BCUT2D eigenvalue weighted by atomic mass is 10.0. The van der Waals surface area contributed by atoms with E-state index >= 15 is 0 Å². The first kappa shape index (κ1) is 14.1. The number of aromatic nitrogens is 2. The molecule has 0 radical (unpaired) electrons. The number of nitrogens with one attached hydrogen (secondary N) is 1. The van der Waals surface area contributed by atoms with E-state index in [1.54, 1.807) is 0 Å². The van der Waals surface area contributed by atoms with E-state index in [9.17, 15) is 5.11 Å². The molecule has 5 heteroatoms. The normalized spacial score (nSPS) is 19.5. The summed E-state index contributed by atoms with van der Waals surface area (Å²) in [6, 6.07) is 2.19. The molecule has 5 nitrogen and oxygen atoms in total. The summed E-state index contributed by atoms with van der Waals surface area (Å²) in [6.07, 6.45) is 4.46. The summed E-state index contributed by atoms with van der Waals surface area (Å²) in [4.78, 5) is 11.2. The van der Waals surface area contributed by atoms with Crippen LogP contribution in [0.25, 0.3) is 0 Å². The highest BCUT2D eigenvalue weighted by atomic mass is 16.3. The number of hydrogen-bond donors (Lipinski definition) is 2. The summed E-state index contributed by atoms with van der Waals surface area (Å²) in [5, 5.41) is 12.8. The Morgan fingerprint density at radius 2 is 2.26 bits per heavy atom. The van der Waals surface area contributed by atoms with E-state index in [4.69, 9.17) is 0 Å². The highest BCUT2D eigenvalue weighted by Gasteiger charge is 2.23. The highest BCUT2D eigenvalue weighted by Crippen LogP contribution is 2.24. The van der Waals surface area contributed by atoms with Crippen LogP contribution in [0.3, 0.4) is 0 Å². The first-order valence-electron chi connectivity index (χ1n) is 7.21. The molecule has 0 aromatic carbocycles. The van der Waals surface area contributed by atoms with Crippen molar-refractivity contribution in [3.63, 3.8) is 0 Å². The molecular weight excluding hydrogens is 240 g/mol. The predicted octanol–water partition coefficient (Wildman–Crippen LogP) is 1.96. The summed E-state index contributed by atoms with van der Waals surface area (Å²) >= 11 is 0. The van der Waals surface area contributed by atoms with Crippen LogP contribution in [-0.2, 0) is 0 Å². The molecule has 0 bridgehead atoms. The van der Waals surface area contributed by atoms with Gasteiger partial charge in [0.25, 0.3) is 0 Å². The second-order valence-electron chi connectivity index (χ2n) is 5.11. The van der Waals surface area contributed by atoms with E-state index in [1.807, 2.05) is 13.0 Å². The maximum Gasteiger partial charge on any atom is 0.134 e. The van der Waals surface area contributed by atoms with E-state index in [0.29, 0.717) is 0 Å². The lowest BCUT2D eigenvalue weighted by molar-refractivity contribution is 0.239. The zero-order valence-corrected chi connectivity index (χ0v) is 11.9. The topological polar surface area (TPSA) is 61.3 Å². The van der Waals surface area contributed by atoms with Crippen molar-refractivity contribution < 1.29 is 5.11 Å². The standard InChI is InChI=1S/C14H24N4O/c1-3-7-15-13-9-14(17-11(2)16-13)18-8-5-4-6-12(18)10-19/h9,12,19H,3-8,10H2,1-2H3,(H,15,16,17). The van der Waals surface area contributed by atoms with Crippen molar-refractivity contribution in [2.75, 3.05) is 29.9 Å². The summed E-state index contributed by atoms with van der Waals surface area (Å²) < 4.78 is 0. The Bertz CT molecular complexity index is 410. The third-order valence-electron chi connectivity index (χ3n) is 3.51. The van der Waals surface area contributed by atoms with Crippen molar-refractivity contribution in [3.05, 3.63) is 11.9 Å². The minimum Gasteiger partial charge on any atom is -0.394 e. The van der Waals surface area contributed by atoms with Gasteiger partial charge >= 0.3 is 0 Å². The Balaban J connectivity index is 2.19. The Hall–Kier alpha value is -1.36. The summed E-state index contributed by atoms with van der Waals surface area (Å²) in [7, 11) is 0. The molecule has 1 atom stereocenters. The average Bonchev–Trinajstić information content (AvgIpc) is 2.44. The second kappa shape index (κ2) is 6.70. The average molecular weight is 264 g/mol. The summed E-state index contributed by atoms with van der Waals surface area (Å²) in [5.74, 6) is 2.59. The fourth-order valence-corrected chi connectivity index (χ4v) is 2.53. The number of nitrogens with zero attached hydrogens (tertiary/aromatic N) is 3. The fourth-order valence-electron chi connectivity index (χ4n) is 2.53. The molecule has 2 N–H and O–H groups in total. The number of rotatable bonds is 5. The minimum atomic E-state index is 0.195. The fraction of sp³-hybridized carbons (Fsp3) is 0.714. The van der Waals surface area contributed by atoms with Crippen molar-refractivity contribution in [1.29, 1.82) is 0 Å². The molecule has 106 valence electrons. The summed E-state index contributed by atoms with van der Waals surface area (Å²) in [6.45, 7) is 6.13. The van der Waals surface area contributed by atoms with Crippen molar-refractivity contribution >= 4 is 11.6 Å². The second-order valence-corrected chi connectivity index (χ2v) is 5.11. The van der Waals surface area contributed by atoms with Crippen LogP contribution in [0.5, 0.6) is 0 Å². The van der Waals surface area contributed by atoms with Crippen molar-refractivity contribution in [3.8, 4) is 0 Å². The van der Waals surface area contributed by atoms with E-state index in [0.717, 1.165) is 49.8 Å². The number of piperidine rings is 1. The van der Waals surface area contributed by atoms with Crippen molar-refractivity contribution in [1.82, 2.24) is 9.97 Å². The lowest BCUT2D eigenvalue weighted by Gasteiger charge is -2.35. The Labute approximate surface area is 115 Å². The molecule has 1 aliphatic rings. The van der Waals surface area contributed by atoms with Gasteiger partial charge in [-0.05, 0) is 32.6 Å². The largest absolute Gasteiger partial charge is 0.394 e. The highest BCUT2D eigenvalue weighted by molar-refractivity contribution is 5.50. The molecule has 2 rings (SSSR count). The van der Waals surface area contributed by atoms with Crippen LogP contribution in [0.2, 0.25) is 0 Å². The van der Waals surface area contributed by atoms with Crippen molar-refractivity contribution in [2.24, 2.45) is 0 Å². The maximum absolute atomic E-state index is 9.50. The molecule has 1 aromatic rings. The minimum absolute atomic E-state index is 0.195.